The summed E-state index contributed by atoms with van der Waals surface area (Å²) in [4.78, 5) is 14.6. The van der Waals surface area contributed by atoms with Gasteiger partial charge in [-0.25, -0.2) is 0 Å². The highest BCUT2D eigenvalue weighted by Gasteiger charge is 2.87. The molecule has 14 atom stereocenters. The summed E-state index contributed by atoms with van der Waals surface area (Å²) < 4.78 is 23.9. The van der Waals surface area contributed by atoms with Gasteiger partial charge in [-0.1, -0.05) is 6.92 Å². The van der Waals surface area contributed by atoms with Crippen LogP contribution in [0.1, 0.15) is 33.1 Å². The summed E-state index contributed by atoms with van der Waals surface area (Å²) in [5.74, 6) is -1.31. The van der Waals surface area contributed by atoms with Crippen LogP contribution in [0.15, 0.2) is 0 Å². The van der Waals surface area contributed by atoms with Crippen LogP contribution in [0.3, 0.4) is 0 Å². The zero-order valence-corrected chi connectivity index (χ0v) is 21.4. The molecule has 0 aromatic carbocycles. The molecule has 6 aliphatic rings. The lowest BCUT2D eigenvalue weighted by atomic mass is 9.42. The predicted molar refractivity (Wildman–Crippen MR) is 123 cm³/mol. The maximum absolute atomic E-state index is 12.8. The van der Waals surface area contributed by atoms with E-state index in [1.54, 1.807) is 21.3 Å². The van der Waals surface area contributed by atoms with Crippen molar-refractivity contribution < 1.29 is 39.1 Å². The van der Waals surface area contributed by atoms with Gasteiger partial charge in [0.2, 0.25) is 0 Å². The van der Waals surface area contributed by atoms with E-state index >= 15 is 0 Å². The SMILES string of the molecule is CCN1CC2(COC)C(O)CC(O)C34C5CC6C(OC)CC(O)(C5C6OC(C)=O)C(C(OC)C23)C14. The first-order valence-corrected chi connectivity index (χ1v) is 13.2. The van der Waals surface area contributed by atoms with Gasteiger partial charge in [-0.15, -0.1) is 0 Å². The number of piperidine rings is 1. The first-order valence-electron chi connectivity index (χ1n) is 13.2. The normalized spacial score (nSPS) is 57.9. The number of nitrogens with zero attached hydrogens (tertiary/aromatic N) is 1. The van der Waals surface area contributed by atoms with E-state index in [1.165, 1.54) is 6.92 Å². The molecule has 7 bridgehead atoms. The molecular weight excluding hydrogens is 454 g/mol. The lowest BCUT2D eigenvalue weighted by molar-refractivity contribution is -0.292. The second kappa shape index (κ2) is 7.85. The molecule has 3 N–H and O–H groups in total. The molecule has 6 rings (SSSR count). The third kappa shape index (κ3) is 2.61. The van der Waals surface area contributed by atoms with E-state index in [4.69, 9.17) is 18.9 Å². The first-order chi connectivity index (χ1) is 16.7. The number of hydrogen-bond acceptors (Lipinski definition) is 9. The van der Waals surface area contributed by atoms with E-state index in [-0.39, 0.29) is 60.2 Å². The number of aliphatic hydroxyl groups is 3. The van der Waals surface area contributed by atoms with Crippen molar-refractivity contribution >= 4 is 5.97 Å². The maximum atomic E-state index is 12.8. The maximum Gasteiger partial charge on any atom is 0.302 e. The van der Waals surface area contributed by atoms with E-state index in [9.17, 15) is 20.1 Å². The topological polar surface area (TPSA) is 118 Å². The summed E-state index contributed by atoms with van der Waals surface area (Å²) >= 11 is 0. The Labute approximate surface area is 207 Å². The Morgan fingerprint density at radius 2 is 1.80 bits per heavy atom. The Balaban J connectivity index is 1.62. The molecule has 9 nitrogen and oxygen atoms in total. The van der Waals surface area contributed by atoms with Crippen LogP contribution < -0.4 is 0 Å². The minimum Gasteiger partial charge on any atom is -0.462 e. The number of esters is 1. The molecule has 0 aromatic rings. The third-order valence-electron chi connectivity index (χ3n) is 11.5. The number of fused-ring (bicyclic) bond motifs is 2. The molecule has 1 spiro atoms. The van der Waals surface area contributed by atoms with E-state index in [1.807, 2.05) is 0 Å². The number of aliphatic hydroxyl groups excluding tert-OH is 2. The van der Waals surface area contributed by atoms with Crippen LogP contribution in [0, 0.1) is 40.4 Å². The molecular formula is C26H41NO8. The lowest BCUT2D eigenvalue weighted by Gasteiger charge is -2.69. The van der Waals surface area contributed by atoms with Crippen LogP contribution in [0.25, 0.3) is 0 Å². The number of carbonyl (C=O) groups is 1. The van der Waals surface area contributed by atoms with E-state index in [0.29, 0.717) is 26.0 Å². The van der Waals surface area contributed by atoms with Crippen molar-refractivity contribution in [1.82, 2.24) is 4.90 Å². The molecule has 5 saturated carbocycles. The molecule has 6 fully saturated rings. The van der Waals surface area contributed by atoms with Crippen LogP contribution in [0.4, 0.5) is 0 Å². The summed E-state index contributed by atoms with van der Waals surface area (Å²) in [6, 6.07) is -0.103. The summed E-state index contributed by atoms with van der Waals surface area (Å²) in [5.41, 5.74) is -2.42. The minimum atomic E-state index is -1.19. The Hall–Kier alpha value is -0.810. The molecule has 5 aliphatic carbocycles. The predicted octanol–water partition coefficient (Wildman–Crippen LogP) is 0.0436. The summed E-state index contributed by atoms with van der Waals surface area (Å²) in [6.07, 6.45) is -1.18. The van der Waals surface area contributed by atoms with Gasteiger partial charge in [0.05, 0.1) is 36.6 Å². The van der Waals surface area contributed by atoms with Crippen molar-refractivity contribution in [2.45, 2.75) is 75.3 Å². The highest BCUT2D eigenvalue weighted by atomic mass is 16.5. The lowest BCUT2D eigenvalue weighted by Crippen LogP contribution is -2.78. The number of methoxy groups -OCH3 is 3. The molecule has 35 heavy (non-hydrogen) atoms. The quantitative estimate of drug-likeness (QED) is 0.439. The van der Waals surface area contributed by atoms with Gasteiger partial charge in [0.25, 0.3) is 0 Å². The monoisotopic (exact) mass is 495 g/mol. The second-order valence-corrected chi connectivity index (χ2v) is 12.2. The van der Waals surface area contributed by atoms with Crippen molar-refractivity contribution in [2.24, 2.45) is 40.4 Å². The standard InChI is InChI=1S/C26H41NO8/c1-6-27-10-24(11-32-3)16(29)8-17(30)26-14-7-13-15(33-4)9-25(31,18(14)20(13)35-12(2)28)19(23(26)27)21(34-5)22(24)26/h13-23,29-31H,6-11H2,1-5H3. The number of likely N-dealkylation sites (tertiary alicyclic amines) is 1. The smallest absolute Gasteiger partial charge is 0.302 e. The average molecular weight is 496 g/mol. The largest absolute Gasteiger partial charge is 0.462 e. The van der Waals surface area contributed by atoms with Crippen LogP contribution in [0.2, 0.25) is 0 Å². The molecule has 1 saturated heterocycles. The van der Waals surface area contributed by atoms with Crippen molar-refractivity contribution in [2.75, 3.05) is 41.0 Å². The first kappa shape index (κ1) is 24.5. The summed E-state index contributed by atoms with van der Waals surface area (Å²) in [7, 11) is 5.01. The van der Waals surface area contributed by atoms with Gasteiger partial charge in [-0.2, -0.15) is 0 Å². The Kier molecular flexibility index (Phi) is 5.50. The highest BCUT2D eigenvalue weighted by Crippen LogP contribution is 2.79. The van der Waals surface area contributed by atoms with Crippen molar-refractivity contribution in [3.63, 3.8) is 0 Å². The van der Waals surface area contributed by atoms with Gasteiger partial charge in [0.15, 0.2) is 0 Å². The zero-order chi connectivity index (χ0) is 25.1. The Bertz CT molecular complexity index is 887. The number of hydrogen-bond donors (Lipinski definition) is 3. The number of carbonyl (C=O) groups excluding carboxylic acids is 1. The van der Waals surface area contributed by atoms with Gasteiger partial charge in [0.1, 0.15) is 6.10 Å². The number of rotatable bonds is 6. The van der Waals surface area contributed by atoms with Gasteiger partial charge < -0.3 is 34.3 Å². The molecule has 0 radical (unpaired) electrons. The van der Waals surface area contributed by atoms with Crippen LogP contribution in [-0.4, -0.2) is 109 Å². The Morgan fingerprint density at radius 1 is 1.06 bits per heavy atom. The second-order valence-electron chi connectivity index (χ2n) is 12.2. The molecule has 0 aromatic heterocycles. The van der Waals surface area contributed by atoms with Crippen LogP contribution >= 0.6 is 0 Å². The third-order valence-corrected chi connectivity index (χ3v) is 11.5. The molecule has 0 amide bonds. The van der Waals surface area contributed by atoms with Gasteiger partial charge in [-0.3, -0.25) is 9.69 Å². The van der Waals surface area contributed by atoms with E-state index < -0.39 is 34.7 Å². The van der Waals surface area contributed by atoms with Crippen molar-refractivity contribution in [3.05, 3.63) is 0 Å². The highest BCUT2D eigenvalue weighted by molar-refractivity contribution is 5.66. The van der Waals surface area contributed by atoms with Crippen molar-refractivity contribution in [1.29, 1.82) is 0 Å². The molecule has 14 unspecified atom stereocenters. The average Bonchev–Trinajstić information content (AvgIpc) is 3.24. The minimum absolute atomic E-state index is 0.0411. The zero-order valence-electron chi connectivity index (χ0n) is 21.4. The molecule has 9 heteroatoms. The van der Waals surface area contributed by atoms with Gasteiger partial charge in [0, 0.05) is 88.2 Å². The van der Waals surface area contributed by atoms with Crippen LogP contribution in [-0.2, 0) is 23.7 Å². The fourth-order valence-corrected chi connectivity index (χ4v) is 11.0. The van der Waals surface area contributed by atoms with E-state index in [0.717, 1.165) is 6.54 Å². The van der Waals surface area contributed by atoms with Gasteiger partial charge >= 0.3 is 5.97 Å². The molecule has 198 valence electrons. The molecule has 1 heterocycles. The van der Waals surface area contributed by atoms with Crippen LogP contribution in [0.5, 0.6) is 0 Å². The van der Waals surface area contributed by atoms with Crippen molar-refractivity contribution in [3.8, 4) is 0 Å². The summed E-state index contributed by atoms with van der Waals surface area (Å²) in [6.45, 7) is 5.25. The fourth-order valence-electron chi connectivity index (χ4n) is 11.0. The Morgan fingerprint density at radius 3 is 2.40 bits per heavy atom. The number of ether oxygens (including phenoxy) is 4. The summed E-state index contributed by atoms with van der Waals surface area (Å²) in [5, 5.41) is 36.3. The fraction of sp³-hybridized carbons (Fsp3) is 0.962. The van der Waals surface area contributed by atoms with Gasteiger partial charge in [-0.05, 0) is 18.9 Å². The van der Waals surface area contributed by atoms with E-state index in [2.05, 4.69) is 11.8 Å². The molecule has 1 aliphatic heterocycles.